The molecule has 4 nitrogen and oxygen atoms in total. The summed E-state index contributed by atoms with van der Waals surface area (Å²) in [5.41, 5.74) is 9.67. The van der Waals surface area contributed by atoms with Crippen molar-refractivity contribution in [1.82, 2.24) is 18.7 Å². The first kappa shape index (κ1) is 31.8. The minimum atomic E-state index is -0.371. The maximum Gasteiger partial charge on any atom is 0.168 e. The second-order valence-electron chi connectivity index (χ2n) is 13.9. The minimum absolute atomic E-state index is 0. The van der Waals surface area contributed by atoms with E-state index in [-0.39, 0.29) is 31.9 Å². The molecule has 8 aromatic rings. The van der Waals surface area contributed by atoms with Gasteiger partial charge in [-0.2, -0.15) is 40.5 Å². The van der Waals surface area contributed by atoms with Crippen molar-refractivity contribution in [3.8, 4) is 17.2 Å². The second kappa shape index (κ2) is 12.0. The molecule has 5 heteroatoms. The maximum absolute atomic E-state index is 4.87. The normalized spacial score (nSPS) is 12.1. The van der Waals surface area contributed by atoms with Gasteiger partial charge in [0.25, 0.3) is 0 Å². The third kappa shape index (κ3) is 5.29. The number of hydrogen-bond donors (Lipinski definition) is 0. The van der Waals surface area contributed by atoms with Gasteiger partial charge in [-0.15, -0.1) is 23.1 Å². The number of benzene rings is 5. The summed E-state index contributed by atoms with van der Waals surface area (Å²) < 4.78 is 6.75. The van der Waals surface area contributed by atoms with E-state index in [1.54, 1.807) is 0 Å². The standard InChI is InChI=1S/C43H37N4.Pt/c1-42(2,3)30-24-25-44-41(28-30)47-37-19-10-9-18-35(37)36-23-22-32(27-40(36)47)43(4,5)31-14-13-17-34(26-31)46-29-45(33-15-7-6-8-16-33)38-20-11-12-21-39(38)46;/h6-25,28-29H,1-5H3;/q-1;. The molecule has 0 spiro atoms. The Morgan fingerprint density at radius 2 is 1.27 bits per heavy atom. The zero-order valence-corrected chi connectivity index (χ0v) is 30.1. The average molecular weight is 805 g/mol. The van der Waals surface area contributed by atoms with E-state index in [2.05, 4.69) is 188 Å². The third-order valence-corrected chi connectivity index (χ3v) is 9.48. The van der Waals surface area contributed by atoms with Gasteiger partial charge < -0.3 is 4.57 Å². The molecular formula is C43H37N4Pt-. The minimum Gasteiger partial charge on any atom is -0.319 e. The van der Waals surface area contributed by atoms with E-state index in [4.69, 9.17) is 4.98 Å². The molecule has 8 rings (SSSR count). The van der Waals surface area contributed by atoms with Crippen molar-refractivity contribution < 1.29 is 21.1 Å². The molecule has 0 fully saturated rings. The fourth-order valence-corrected chi connectivity index (χ4v) is 6.71. The molecule has 3 heterocycles. The molecule has 0 aliphatic carbocycles. The van der Waals surface area contributed by atoms with Crippen molar-refractivity contribution in [2.45, 2.75) is 45.4 Å². The Balaban J connectivity index is 0.00000364. The monoisotopic (exact) mass is 804 g/mol. The van der Waals surface area contributed by atoms with E-state index in [9.17, 15) is 0 Å². The Hall–Kier alpha value is -4.79. The van der Waals surface area contributed by atoms with Gasteiger partial charge in [0, 0.05) is 50.6 Å². The summed E-state index contributed by atoms with van der Waals surface area (Å²) >= 11 is 0. The van der Waals surface area contributed by atoms with Gasteiger partial charge in [-0.25, -0.2) is 9.55 Å². The van der Waals surface area contributed by atoms with E-state index >= 15 is 0 Å². The summed E-state index contributed by atoms with van der Waals surface area (Å²) in [5.74, 6) is 0.912. The van der Waals surface area contributed by atoms with Crippen LogP contribution in [0.1, 0.15) is 51.3 Å². The maximum atomic E-state index is 4.87. The Bertz CT molecular complexity index is 2430. The summed E-state index contributed by atoms with van der Waals surface area (Å²) in [7, 11) is 0. The van der Waals surface area contributed by atoms with Gasteiger partial charge in [0.2, 0.25) is 0 Å². The quantitative estimate of drug-likeness (QED) is 0.159. The summed E-state index contributed by atoms with van der Waals surface area (Å²) in [6.45, 7) is 11.3. The van der Waals surface area contributed by atoms with Gasteiger partial charge in [0.05, 0.1) is 0 Å². The van der Waals surface area contributed by atoms with Crippen LogP contribution in [-0.4, -0.2) is 18.7 Å². The van der Waals surface area contributed by atoms with Crippen molar-refractivity contribution in [3.63, 3.8) is 0 Å². The molecule has 0 aliphatic rings. The average Bonchev–Trinajstić information content (AvgIpc) is 3.65. The molecule has 0 aliphatic heterocycles. The zero-order chi connectivity index (χ0) is 32.3. The molecule has 0 saturated heterocycles. The Morgan fingerprint density at radius 1 is 0.604 bits per heavy atom. The van der Waals surface area contributed by atoms with Crippen LogP contribution < -0.4 is 0 Å². The number of aromatic nitrogens is 4. The van der Waals surface area contributed by atoms with Crippen molar-refractivity contribution in [2.24, 2.45) is 0 Å². The van der Waals surface area contributed by atoms with Crippen LogP contribution in [0.25, 0.3) is 50.0 Å². The molecule has 0 radical (unpaired) electrons. The van der Waals surface area contributed by atoms with Crippen LogP contribution in [0.2, 0.25) is 0 Å². The summed E-state index contributed by atoms with van der Waals surface area (Å²) in [5, 5.41) is 2.37. The van der Waals surface area contributed by atoms with E-state index < -0.39 is 0 Å². The van der Waals surface area contributed by atoms with Gasteiger partial charge in [-0.3, -0.25) is 0 Å². The smallest absolute Gasteiger partial charge is 0.168 e. The molecule has 0 N–H and O–H groups in total. The molecule has 0 saturated carbocycles. The number of pyridine rings is 1. The number of rotatable bonds is 5. The van der Waals surface area contributed by atoms with E-state index in [1.807, 2.05) is 6.20 Å². The Labute approximate surface area is 296 Å². The first-order chi connectivity index (χ1) is 22.7. The first-order valence-corrected chi connectivity index (χ1v) is 16.2. The Morgan fingerprint density at radius 3 is 2.02 bits per heavy atom. The molecule has 0 amide bonds. The largest absolute Gasteiger partial charge is 0.319 e. The topological polar surface area (TPSA) is 27.7 Å². The van der Waals surface area contributed by atoms with E-state index in [1.165, 1.54) is 16.3 Å². The molecule has 48 heavy (non-hydrogen) atoms. The van der Waals surface area contributed by atoms with Gasteiger partial charge in [-0.05, 0) is 52.1 Å². The van der Waals surface area contributed by atoms with Gasteiger partial charge >= 0.3 is 0 Å². The molecule has 240 valence electrons. The fourth-order valence-electron chi connectivity index (χ4n) is 6.71. The second-order valence-corrected chi connectivity index (χ2v) is 13.9. The SMILES string of the molecule is CC(C)(C)c1ccnc(-n2c3[c-]c(C(C)(C)c4[c-]c(-n5[cH+]n(-c6ccccc6)c6ccccc65)ccc4)ccc3c3ccccc32)c1.[Pt]. The molecule has 0 unspecified atom stereocenters. The van der Waals surface area contributed by atoms with Crippen LogP contribution >= 0.6 is 0 Å². The van der Waals surface area contributed by atoms with Gasteiger partial charge in [0.15, 0.2) is 17.4 Å². The molecule has 0 atom stereocenters. The Kier molecular flexibility index (Phi) is 7.96. The van der Waals surface area contributed by atoms with Gasteiger partial charge in [-0.1, -0.05) is 88.7 Å². The van der Waals surface area contributed by atoms with Crippen LogP contribution in [0.3, 0.4) is 0 Å². The van der Waals surface area contributed by atoms with Crippen LogP contribution in [0.4, 0.5) is 0 Å². The summed E-state index contributed by atoms with van der Waals surface area (Å²) in [4.78, 5) is 4.87. The summed E-state index contributed by atoms with van der Waals surface area (Å²) in [6.07, 6.45) is 4.09. The van der Waals surface area contributed by atoms with Crippen molar-refractivity contribution >= 4 is 32.8 Å². The van der Waals surface area contributed by atoms with Crippen molar-refractivity contribution in [2.75, 3.05) is 0 Å². The third-order valence-electron chi connectivity index (χ3n) is 9.48. The van der Waals surface area contributed by atoms with E-state index in [0.717, 1.165) is 50.4 Å². The molecule has 3 aromatic heterocycles. The predicted octanol–water partition coefficient (Wildman–Crippen LogP) is 10.4. The van der Waals surface area contributed by atoms with Gasteiger partial charge in [0.1, 0.15) is 11.5 Å². The number of nitrogens with zero attached hydrogens (tertiary/aromatic N) is 4. The number of para-hydroxylation sites is 4. The van der Waals surface area contributed by atoms with Crippen LogP contribution in [-0.2, 0) is 31.9 Å². The fraction of sp³-hybridized carbons (Fsp3) is 0.163. The zero-order valence-electron chi connectivity index (χ0n) is 27.8. The molecular weight excluding hydrogens is 768 g/mol. The first-order valence-electron chi connectivity index (χ1n) is 16.2. The van der Waals surface area contributed by atoms with Crippen LogP contribution in [0, 0.1) is 12.1 Å². The van der Waals surface area contributed by atoms with E-state index in [0.29, 0.717) is 0 Å². The number of fused-ring (bicyclic) bond motifs is 4. The van der Waals surface area contributed by atoms with Crippen molar-refractivity contribution in [3.05, 3.63) is 163 Å². The molecule has 5 aromatic carbocycles. The number of hydrogen-bond acceptors (Lipinski definition) is 1. The van der Waals surface area contributed by atoms with Crippen molar-refractivity contribution in [1.29, 1.82) is 0 Å². The molecule has 0 bridgehead atoms. The van der Waals surface area contributed by atoms with Crippen LogP contribution in [0.15, 0.2) is 134 Å². The summed E-state index contributed by atoms with van der Waals surface area (Å²) in [6, 6.07) is 50.6. The number of imidazole rings is 1. The predicted molar refractivity (Wildman–Crippen MR) is 194 cm³/mol. The van der Waals surface area contributed by atoms with Crippen LogP contribution in [0.5, 0.6) is 0 Å².